The first-order valence-corrected chi connectivity index (χ1v) is 6.58. The highest BCUT2D eigenvalue weighted by molar-refractivity contribution is 6.30. The number of carboxylic acid groups (broad SMARTS) is 1. The number of carbonyl (C=O) groups is 1. The Labute approximate surface area is 129 Å². The molecule has 2 N–H and O–H groups in total. The fraction of sp³-hybridized carbons (Fsp3) is 0. The summed E-state index contributed by atoms with van der Waals surface area (Å²) in [4.78, 5) is 11.1. The van der Waals surface area contributed by atoms with Crippen LogP contribution in [-0.2, 0) is 0 Å². The molecule has 0 radical (unpaired) electrons. The summed E-state index contributed by atoms with van der Waals surface area (Å²) in [5, 5.41) is 29.2. The van der Waals surface area contributed by atoms with E-state index in [4.69, 9.17) is 26.4 Å². The third-order valence-corrected chi connectivity index (χ3v) is 3.46. The van der Waals surface area contributed by atoms with Gasteiger partial charge in [-0.2, -0.15) is 5.26 Å². The van der Waals surface area contributed by atoms with Crippen molar-refractivity contribution in [1.29, 1.82) is 5.26 Å². The second kappa shape index (κ2) is 5.10. The molecular weight excluding hydrogens is 306 g/mol. The fourth-order valence-electron chi connectivity index (χ4n) is 2.32. The molecule has 3 aromatic rings. The van der Waals surface area contributed by atoms with E-state index in [1.807, 2.05) is 6.07 Å². The molecule has 5 nitrogen and oxygen atoms in total. The standard InChI is InChI=1S/C16H8ClNO4/c17-13-6-9-4-8(7-18)5-12(15(9)22-13)10-2-1-3-11(14(10)19)16(20)21/h1-6,19H,(H,20,21). The highest BCUT2D eigenvalue weighted by Gasteiger charge is 2.18. The summed E-state index contributed by atoms with van der Waals surface area (Å²) < 4.78 is 5.41. The van der Waals surface area contributed by atoms with E-state index in [0.29, 0.717) is 22.1 Å². The Balaban J connectivity index is 2.37. The van der Waals surface area contributed by atoms with Gasteiger partial charge in [0.25, 0.3) is 0 Å². The zero-order chi connectivity index (χ0) is 15.9. The molecule has 0 saturated heterocycles. The molecule has 1 aromatic heterocycles. The van der Waals surface area contributed by atoms with Gasteiger partial charge in [-0.05, 0) is 29.8 Å². The van der Waals surface area contributed by atoms with Crippen molar-refractivity contribution in [2.75, 3.05) is 0 Å². The maximum Gasteiger partial charge on any atom is 0.339 e. The highest BCUT2D eigenvalue weighted by atomic mass is 35.5. The van der Waals surface area contributed by atoms with Gasteiger partial charge >= 0.3 is 5.97 Å². The molecule has 3 rings (SSSR count). The number of aromatic hydroxyl groups is 1. The minimum atomic E-state index is -1.25. The molecule has 0 unspecified atom stereocenters. The van der Waals surface area contributed by atoms with Gasteiger partial charge < -0.3 is 14.6 Å². The number of benzene rings is 2. The van der Waals surface area contributed by atoms with Crippen molar-refractivity contribution in [2.24, 2.45) is 0 Å². The Bertz CT molecular complexity index is 953. The summed E-state index contributed by atoms with van der Waals surface area (Å²) >= 11 is 5.85. The molecule has 0 aliphatic heterocycles. The number of aromatic carboxylic acids is 1. The number of furan rings is 1. The normalized spacial score (nSPS) is 10.5. The van der Waals surface area contributed by atoms with Crippen LogP contribution in [0.5, 0.6) is 5.75 Å². The van der Waals surface area contributed by atoms with E-state index in [0.717, 1.165) is 0 Å². The number of nitrogens with zero attached hydrogens (tertiary/aromatic N) is 1. The molecule has 22 heavy (non-hydrogen) atoms. The van der Waals surface area contributed by atoms with Crippen LogP contribution in [0.1, 0.15) is 15.9 Å². The number of phenols is 1. The van der Waals surface area contributed by atoms with Crippen molar-refractivity contribution in [3.8, 4) is 22.9 Å². The van der Waals surface area contributed by atoms with Crippen LogP contribution in [0, 0.1) is 11.3 Å². The van der Waals surface area contributed by atoms with Crippen molar-refractivity contribution in [3.05, 3.63) is 52.7 Å². The molecule has 0 aliphatic rings. The smallest absolute Gasteiger partial charge is 0.339 e. The monoisotopic (exact) mass is 313 g/mol. The lowest BCUT2D eigenvalue weighted by Crippen LogP contribution is -1.97. The second-order valence-electron chi connectivity index (χ2n) is 4.61. The fourth-order valence-corrected chi connectivity index (χ4v) is 2.51. The van der Waals surface area contributed by atoms with Crippen LogP contribution in [0.25, 0.3) is 22.1 Å². The van der Waals surface area contributed by atoms with Gasteiger partial charge in [-0.25, -0.2) is 4.79 Å². The molecule has 1 heterocycles. The Morgan fingerprint density at radius 2 is 2.00 bits per heavy atom. The molecule has 0 atom stereocenters. The van der Waals surface area contributed by atoms with E-state index in [1.165, 1.54) is 18.2 Å². The quantitative estimate of drug-likeness (QED) is 0.744. The lowest BCUT2D eigenvalue weighted by molar-refractivity contribution is 0.0694. The molecule has 108 valence electrons. The topological polar surface area (TPSA) is 94.5 Å². The van der Waals surface area contributed by atoms with Gasteiger partial charge in [0.05, 0.1) is 11.6 Å². The Kier molecular flexibility index (Phi) is 3.24. The third-order valence-electron chi connectivity index (χ3n) is 3.27. The van der Waals surface area contributed by atoms with Gasteiger partial charge in [-0.3, -0.25) is 0 Å². The van der Waals surface area contributed by atoms with E-state index in [9.17, 15) is 9.90 Å². The maximum absolute atomic E-state index is 11.1. The summed E-state index contributed by atoms with van der Waals surface area (Å²) in [6, 6.07) is 11.0. The lowest BCUT2D eigenvalue weighted by Gasteiger charge is -2.08. The minimum absolute atomic E-state index is 0.139. The summed E-state index contributed by atoms with van der Waals surface area (Å²) in [5.74, 6) is -1.64. The molecule has 6 heteroatoms. The van der Waals surface area contributed by atoms with Gasteiger partial charge in [0, 0.05) is 22.6 Å². The third kappa shape index (κ3) is 2.16. The van der Waals surface area contributed by atoms with Crippen molar-refractivity contribution in [2.45, 2.75) is 0 Å². The molecule has 0 spiro atoms. The van der Waals surface area contributed by atoms with Crippen molar-refractivity contribution < 1.29 is 19.4 Å². The van der Waals surface area contributed by atoms with E-state index < -0.39 is 5.97 Å². The number of fused-ring (bicyclic) bond motifs is 1. The predicted molar refractivity (Wildman–Crippen MR) is 80.0 cm³/mol. The van der Waals surface area contributed by atoms with E-state index in [2.05, 4.69) is 0 Å². The summed E-state index contributed by atoms with van der Waals surface area (Å²) in [6.07, 6.45) is 0. The minimum Gasteiger partial charge on any atom is -0.506 e. The predicted octanol–water partition coefficient (Wildman–Crippen LogP) is 4.03. The number of rotatable bonds is 2. The van der Waals surface area contributed by atoms with E-state index in [1.54, 1.807) is 18.2 Å². The van der Waals surface area contributed by atoms with Crippen LogP contribution < -0.4 is 0 Å². The molecular formula is C16H8ClNO4. The summed E-state index contributed by atoms with van der Waals surface area (Å²) in [5.41, 5.74) is 1.15. The van der Waals surface area contributed by atoms with Crippen LogP contribution in [0.15, 0.2) is 40.8 Å². The average Bonchev–Trinajstić information content (AvgIpc) is 2.86. The highest BCUT2D eigenvalue weighted by Crippen LogP contribution is 2.39. The Morgan fingerprint density at radius 3 is 2.68 bits per heavy atom. The molecule has 2 aromatic carbocycles. The van der Waals surface area contributed by atoms with Crippen LogP contribution >= 0.6 is 11.6 Å². The van der Waals surface area contributed by atoms with Crippen molar-refractivity contribution >= 4 is 28.5 Å². The van der Waals surface area contributed by atoms with Crippen LogP contribution in [0.4, 0.5) is 0 Å². The number of nitriles is 1. The SMILES string of the molecule is N#Cc1cc(-c2cccc(C(=O)O)c2O)c2oc(Cl)cc2c1. The second-order valence-corrected chi connectivity index (χ2v) is 4.98. The number of halogens is 1. The lowest BCUT2D eigenvalue weighted by atomic mass is 9.98. The van der Waals surface area contributed by atoms with Gasteiger partial charge in [0.15, 0.2) is 5.22 Å². The van der Waals surface area contributed by atoms with Gasteiger partial charge in [0.1, 0.15) is 16.9 Å². The Hall–Kier alpha value is -2.97. The van der Waals surface area contributed by atoms with Crippen LogP contribution in [0.2, 0.25) is 5.22 Å². The number of hydrogen-bond donors (Lipinski definition) is 2. The first kappa shape index (κ1) is 14.0. The van der Waals surface area contributed by atoms with Gasteiger partial charge in [-0.15, -0.1) is 0 Å². The molecule has 0 saturated carbocycles. The van der Waals surface area contributed by atoms with Gasteiger partial charge in [-0.1, -0.05) is 12.1 Å². The molecule has 0 amide bonds. The summed E-state index contributed by atoms with van der Waals surface area (Å²) in [7, 11) is 0. The maximum atomic E-state index is 11.1. The zero-order valence-electron chi connectivity index (χ0n) is 11.0. The average molecular weight is 314 g/mol. The molecule has 0 aliphatic carbocycles. The van der Waals surface area contributed by atoms with Gasteiger partial charge in [0.2, 0.25) is 0 Å². The van der Waals surface area contributed by atoms with Crippen LogP contribution in [0.3, 0.4) is 0 Å². The zero-order valence-corrected chi connectivity index (χ0v) is 11.8. The van der Waals surface area contributed by atoms with E-state index in [-0.39, 0.29) is 22.1 Å². The van der Waals surface area contributed by atoms with E-state index >= 15 is 0 Å². The van der Waals surface area contributed by atoms with Crippen LogP contribution in [-0.4, -0.2) is 16.2 Å². The first-order valence-electron chi connectivity index (χ1n) is 6.20. The largest absolute Gasteiger partial charge is 0.506 e. The summed E-state index contributed by atoms with van der Waals surface area (Å²) in [6.45, 7) is 0. The van der Waals surface area contributed by atoms with Crippen molar-refractivity contribution in [1.82, 2.24) is 0 Å². The Morgan fingerprint density at radius 1 is 1.23 bits per heavy atom. The van der Waals surface area contributed by atoms with Crippen molar-refractivity contribution in [3.63, 3.8) is 0 Å². The first-order chi connectivity index (χ1) is 10.5. The number of hydrogen-bond acceptors (Lipinski definition) is 4. The number of carboxylic acids is 1. The number of para-hydroxylation sites is 1. The molecule has 0 fully saturated rings. The molecule has 0 bridgehead atoms.